The van der Waals surface area contributed by atoms with E-state index in [0.717, 1.165) is 12.8 Å². The topological polar surface area (TPSA) is 20.2 Å². The van der Waals surface area contributed by atoms with Crippen molar-refractivity contribution < 1.29 is 9.50 Å². The molecule has 1 N–H and O–H groups in total. The lowest BCUT2D eigenvalue weighted by Crippen LogP contribution is -2.16. The summed E-state index contributed by atoms with van der Waals surface area (Å²) in [6.45, 7) is 4.35. The molecule has 0 heterocycles. The highest BCUT2D eigenvalue weighted by Crippen LogP contribution is 2.21. The van der Waals surface area contributed by atoms with Crippen LogP contribution in [0.15, 0.2) is 24.3 Å². The van der Waals surface area contributed by atoms with Crippen LogP contribution in [0.2, 0.25) is 0 Å². The molecule has 0 radical (unpaired) electrons. The lowest BCUT2D eigenvalue weighted by Gasteiger charge is -2.19. The molecule has 0 saturated carbocycles. The van der Waals surface area contributed by atoms with Gasteiger partial charge in [-0.2, -0.15) is 0 Å². The van der Waals surface area contributed by atoms with Crippen LogP contribution in [0, 0.1) is 11.7 Å². The van der Waals surface area contributed by atoms with E-state index >= 15 is 0 Å². The first-order valence-corrected chi connectivity index (χ1v) is 7.08. The first kappa shape index (κ1) is 15.2. The van der Waals surface area contributed by atoms with Gasteiger partial charge in [-0.25, -0.2) is 4.39 Å². The Hall–Kier alpha value is -0.890. The third-order valence-electron chi connectivity index (χ3n) is 3.56. The van der Waals surface area contributed by atoms with Crippen molar-refractivity contribution in [2.45, 2.75) is 58.5 Å². The van der Waals surface area contributed by atoms with Crippen LogP contribution in [0.25, 0.3) is 0 Å². The Balaban J connectivity index is 2.45. The van der Waals surface area contributed by atoms with Gasteiger partial charge in [0.05, 0.1) is 6.10 Å². The number of rotatable bonds is 8. The summed E-state index contributed by atoms with van der Waals surface area (Å²) in [6.07, 6.45) is 5.45. The molecule has 1 rings (SSSR count). The Bertz CT molecular complexity index is 338. The largest absolute Gasteiger partial charge is 0.393 e. The Morgan fingerprint density at radius 1 is 1.22 bits per heavy atom. The number of benzene rings is 1. The molecule has 0 saturated heterocycles. The average molecular weight is 252 g/mol. The minimum absolute atomic E-state index is 0.210. The molecule has 102 valence electrons. The van der Waals surface area contributed by atoms with Gasteiger partial charge in [0, 0.05) is 6.42 Å². The molecule has 1 aromatic rings. The molecule has 0 bridgehead atoms. The van der Waals surface area contributed by atoms with Gasteiger partial charge in [0.1, 0.15) is 5.82 Å². The molecule has 0 aliphatic carbocycles. The van der Waals surface area contributed by atoms with Crippen LogP contribution >= 0.6 is 0 Å². The molecule has 0 aromatic heterocycles. The molecule has 1 aromatic carbocycles. The minimum Gasteiger partial charge on any atom is -0.393 e. The maximum Gasteiger partial charge on any atom is 0.126 e. The van der Waals surface area contributed by atoms with Gasteiger partial charge in [0.15, 0.2) is 0 Å². The third kappa shape index (κ3) is 5.18. The summed E-state index contributed by atoms with van der Waals surface area (Å²) in [6, 6.07) is 6.71. The summed E-state index contributed by atoms with van der Waals surface area (Å²) in [5.41, 5.74) is 0.621. The molecule has 0 aliphatic heterocycles. The maximum absolute atomic E-state index is 13.5. The number of hydrogen-bond acceptors (Lipinski definition) is 1. The fourth-order valence-electron chi connectivity index (χ4n) is 2.37. The van der Waals surface area contributed by atoms with Crippen molar-refractivity contribution in [2.75, 3.05) is 0 Å². The van der Waals surface area contributed by atoms with Gasteiger partial charge in [-0.1, -0.05) is 57.7 Å². The first-order chi connectivity index (χ1) is 8.67. The number of halogens is 1. The highest BCUT2D eigenvalue weighted by Gasteiger charge is 2.14. The van der Waals surface area contributed by atoms with Crippen molar-refractivity contribution in [3.8, 4) is 0 Å². The molecule has 2 heteroatoms. The maximum atomic E-state index is 13.5. The fraction of sp³-hybridized carbons (Fsp3) is 0.625. The summed E-state index contributed by atoms with van der Waals surface area (Å²) in [5, 5.41) is 10.1. The molecule has 0 spiro atoms. The minimum atomic E-state index is -0.427. The summed E-state index contributed by atoms with van der Waals surface area (Å²) < 4.78 is 13.5. The normalized spacial score (nSPS) is 14.4. The van der Waals surface area contributed by atoms with Crippen LogP contribution in [-0.2, 0) is 6.42 Å². The van der Waals surface area contributed by atoms with Gasteiger partial charge in [-0.15, -0.1) is 0 Å². The van der Waals surface area contributed by atoms with Gasteiger partial charge in [0.25, 0.3) is 0 Å². The second-order valence-electron chi connectivity index (χ2n) is 5.10. The monoisotopic (exact) mass is 252 g/mol. The van der Waals surface area contributed by atoms with Gasteiger partial charge in [-0.3, -0.25) is 0 Å². The van der Waals surface area contributed by atoms with Crippen LogP contribution in [0.4, 0.5) is 4.39 Å². The molecule has 0 aliphatic rings. The van der Waals surface area contributed by atoms with Crippen molar-refractivity contribution in [1.29, 1.82) is 0 Å². The number of unbranched alkanes of at least 4 members (excludes halogenated alkanes) is 1. The fourth-order valence-corrected chi connectivity index (χ4v) is 2.37. The second kappa shape index (κ2) is 8.25. The van der Waals surface area contributed by atoms with Gasteiger partial charge < -0.3 is 5.11 Å². The van der Waals surface area contributed by atoms with E-state index < -0.39 is 6.10 Å². The summed E-state index contributed by atoms with van der Waals surface area (Å²) >= 11 is 0. The Morgan fingerprint density at radius 2 is 1.94 bits per heavy atom. The predicted molar refractivity (Wildman–Crippen MR) is 74.0 cm³/mol. The summed E-state index contributed by atoms with van der Waals surface area (Å²) in [4.78, 5) is 0. The summed E-state index contributed by atoms with van der Waals surface area (Å²) in [7, 11) is 0. The SMILES string of the molecule is CCCCC(CC)CC(O)Cc1ccccc1F. The molecule has 1 nitrogen and oxygen atoms in total. The Labute approximate surface area is 110 Å². The molecular weight excluding hydrogens is 227 g/mol. The molecular formula is C16H25FO. The highest BCUT2D eigenvalue weighted by molar-refractivity contribution is 5.17. The van der Waals surface area contributed by atoms with Crippen LogP contribution in [0.5, 0.6) is 0 Å². The smallest absolute Gasteiger partial charge is 0.126 e. The molecule has 2 unspecified atom stereocenters. The Morgan fingerprint density at radius 3 is 2.56 bits per heavy atom. The van der Waals surface area contributed by atoms with E-state index in [9.17, 15) is 9.50 Å². The van der Waals surface area contributed by atoms with Crippen molar-refractivity contribution >= 4 is 0 Å². The lowest BCUT2D eigenvalue weighted by atomic mass is 9.91. The lowest BCUT2D eigenvalue weighted by molar-refractivity contribution is 0.136. The van der Waals surface area contributed by atoms with Crippen molar-refractivity contribution in [2.24, 2.45) is 5.92 Å². The van der Waals surface area contributed by atoms with Crippen LogP contribution < -0.4 is 0 Å². The van der Waals surface area contributed by atoms with Crippen molar-refractivity contribution in [1.82, 2.24) is 0 Å². The number of aliphatic hydroxyl groups excluding tert-OH is 1. The predicted octanol–water partition coefficient (Wildman–Crippen LogP) is 4.34. The van der Waals surface area contributed by atoms with E-state index in [1.807, 2.05) is 6.07 Å². The Kier molecular flexibility index (Phi) is 6.96. The highest BCUT2D eigenvalue weighted by atomic mass is 19.1. The van der Waals surface area contributed by atoms with E-state index in [-0.39, 0.29) is 5.82 Å². The average Bonchev–Trinajstić information content (AvgIpc) is 2.37. The standard InChI is InChI=1S/C16H25FO/c1-3-5-8-13(4-2)11-15(18)12-14-9-6-7-10-16(14)17/h6-7,9-10,13,15,18H,3-5,8,11-12H2,1-2H3. The van der Waals surface area contributed by atoms with E-state index in [1.54, 1.807) is 12.1 Å². The van der Waals surface area contributed by atoms with Gasteiger partial charge in [-0.05, 0) is 24.0 Å². The number of hydrogen-bond donors (Lipinski definition) is 1. The van der Waals surface area contributed by atoms with Crippen LogP contribution in [0.3, 0.4) is 0 Å². The summed E-state index contributed by atoms with van der Waals surface area (Å²) in [5.74, 6) is 0.352. The van der Waals surface area contributed by atoms with Gasteiger partial charge >= 0.3 is 0 Å². The zero-order chi connectivity index (χ0) is 13.4. The van der Waals surface area contributed by atoms with E-state index in [1.165, 1.54) is 25.3 Å². The van der Waals surface area contributed by atoms with Crippen molar-refractivity contribution in [3.63, 3.8) is 0 Å². The zero-order valence-corrected chi connectivity index (χ0v) is 11.5. The molecule has 0 fully saturated rings. The second-order valence-corrected chi connectivity index (χ2v) is 5.10. The van der Waals surface area contributed by atoms with Gasteiger partial charge in [0.2, 0.25) is 0 Å². The van der Waals surface area contributed by atoms with Crippen LogP contribution in [0.1, 0.15) is 51.5 Å². The first-order valence-electron chi connectivity index (χ1n) is 7.08. The number of aliphatic hydroxyl groups is 1. The third-order valence-corrected chi connectivity index (χ3v) is 3.56. The van der Waals surface area contributed by atoms with E-state index in [2.05, 4.69) is 13.8 Å². The van der Waals surface area contributed by atoms with E-state index in [4.69, 9.17) is 0 Å². The van der Waals surface area contributed by atoms with Crippen LogP contribution in [-0.4, -0.2) is 11.2 Å². The van der Waals surface area contributed by atoms with E-state index in [0.29, 0.717) is 17.9 Å². The molecule has 0 amide bonds. The molecule has 18 heavy (non-hydrogen) atoms. The quantitative estimate of drug-likeness (QED) is 0.730. The van der Waals surface area contributed by atoms with Crippen molar-refractivity contribution in [3.05, 3.63) is 35.6 Å². The molecule has 2 atom stereocenters. The zero-order valence-electron chi connectivity index (χ0n) is 11.5.